The fourth-order valence-corrected chi connectivity index (χ4v) is 1.97. The largest absolute Gasteiger partial charge is 0.356 e. The highest BCUT2D eigenvalue weighted by Gasteiger charge is 2.13. The fraction of sp³-hybridized carbons (Fsp3) is 0.533. The molecule has 0 aromatic heterocycles. The van der Waals surface area contributed by atoms with E-state index in [1.165, 1.54) is 11.1 Å². The van der Waals surface area contributed by atoms with Gasteiger partial charge in [-0.2, -0.15) is 0 Å². The highest BCUT2D eigenvalue weighted by Crippen LogP contribution is 2.22. The molecule has 1 aromatic carbocycles. The zero-order chi connectivity index (χ0) is 13.5. The van der Waals surface area contributed by atoms with Crippen LogP contribution in [-0.4, -0.2) is 19.0 Å². The predicted molar refractivity (Wildman–Crippen MR) is 82.7 cm³/mol. The van der Waals surface area contributed by atoms with Crippen LogP contribution in [0.3, 0.4) is 0 Å². The summed E-state index contributed by atoms with van der Waals surface area (Å²) in [6, 6.07) is 8.22. The van der Waals surface area contributed by atoms with Gasteiger partial charge in [0.25, 0.3) is 0 Å². The van der Waals surface area contributed by atoms with Gasteiger partial charge in [-0.1, -0.05) is 38.1 Å². The van der Waals surface area contributed by atoms with Gasteiger partial charge >= 0.3 is 0 Å². The Morgan fingerprint density at radius 2 is 1.95 bits per heavy atom. The molecule has 3 nitrogen and oxygen atoms in total. The lowest BCUT2D eigenvalue weighted by Crippen LogP contribution is -2.31. The van der Waals surface area contributed by atoms with Crippen molar-refractivity contribution in [3.63, 3.8) is 0 Å². The van der Waals surface area contributed by atoms with Crippen molar-refractivity contribution in [3.8, 4) is 0 Å². The van der Waals surface area contributed by atoms with E-state index in [1.54, 1.807) is 0 Å². The monoisotopic (exact) mass is 284 g/mol. The number of hydrogen-bond donors (Lipinski definition) is 2. The van der Waals surface area contributed by atoms with E-state index in [4.69, 9.17) is 5.73 Å². The highest BCUT2D eigenvalue weighted by molar-refractivity contribution is 5.85. The summed E-state index contributed by atoms with van der Waals surface area (Å²) in [6.07, 6.45) is 0.530. The number of carbonyl (C=O) groups excluding carboxylic acids is 1. The molecular formula is C15H25ClN2O. The molecule has 0 heterocycles. The lowest BCUT2D eigenvalue weighted by Gasteiger charge is -2.15. The molecule has 1 aromatic rings. The predicted octanol–water partition coefficient (Wildman–Crippen LogP) is 2.62. The van der Waals surface area contributed by atoms with Gasteiger partial charge in [0.15, 0.2) is 0 Å². The number of amides is 1. The number of benzene rings is 1. The Labute approximate surface area is 122 Å². The van der Waals surface area contributed by atoms with Crippen LogP contribution in [0.15, 0.2) is 24.3 Å². The van der Waals surface area contributed by atoms with Gasteiger partial charge in [0, 0.05) is 13.0 Å². The molecule has 2 unspecified atom stereocenters. The molecule has 0 aliphatic carbocycles. The number of aryl methyl sites for hydroxylation is 1. The Morgan fingerprint density at radius 1 is 1.32 bits per heavy atom. The first-order chi connectivity index (χ1) is 8.54. The van der Waals surface area contributed by atoms with Gasteiger partial charge in [-0.3, -0.25) is 4.79 Å². The van der Waals surface area contributed by atoms with Gasteiger partial charge in [-0.25, -0.2) is 0 Å². The molecule has 0 fully saturated rings. The van der Waals surface area contributed by atoms with E-state index < -0.39 is 0 Å². The Balaban J connectivity index is 0.00000324. The fourth-order valence-electron chi connectivity index (χ4n) is 1.97. The summed E-state index contributed by atoms with van der Waals surface area (Å²) in [5.74, 6) is 0.688. The van der Waals surface area contributed by atoms with E-state index in [1.807, 2.05) is 19.1 Å². The molecule has 0 spiro atoms. The van der Waals surface area contributed by atoms with Gasteiger partial charge in [0.1, 0.15) is 0 Å². The van der Waals surface area contributed by atoms with Crippen LogP contribution in [0, 0.1) is 12.8 Å². The molecule has 0 bridgehead atoms. The summed E-state index contributed by atoms with van der Waals surface area (Å²) in [5, 5.41) is 2.93. The normalized spacial score (nSPS) is 13.3. The molecule has 0 radical (unpaired) electrons. The minimum absolute atomic E-state index is 0. The van der Waals surface area contributed by atoms with Gasteiger partial charge in [0.05, 0.1) is 0 Å². The second-order valence-electron chi connectivity index (χ2n) is 5.11. The second-order valence-corrected chi connectivity index (χ2v) is 5.11. The summed E-state index contributed by atoms with van der Waals surface area (Å²) >= 11 is 0. The van der Waals surface area contributed by atoms with Crippen molar-refractivity contribution in [2.24, 2.45) is 11.7 Å². The maximum absolute atomic E-state index is 11.8. The molecule has 19 heavy (non-hydrogen) atoms. The van der Waals surface area contributed by atoms with Gasteiger partial charge in [-0.05, 0) is 36.4 Å². The molecule has 108 valence electrons. The second kappa shape index (κ2) is 8.94. The Bertz CT molecular complexity index is 395. The maximum atomic E-state index is 11.8. The van der Waals surface area contributed by atoms with Gasteiger partial charge in [-0.15, -0.1) is 12.4 Å². The van der Waals surface area contributed by atoms with Crippen molar-refractivity contribution < 1.29 is 4.79 Å². The minimum atomic E-state index is 0. The SMILES string of the molecule is Cc1ccccc1C(C)CC(=O)NCC(C)CN.Cl. The number of rotatable bonds is 6. The lowest BCUT2D eigenvalue weighted by atomic mass is 9.93. The number of hydrogen-bond acceptors (Lipinski definition) is 2. The first-order valence-corrected chi connectivity index (χ1v) is 6.56. The molecule has 0 aliphatic rings. The third-order valence-corrected chi connectivity index (χ3v) is 3.26. The molecule has 3 N–H and O–H groups in total. The third-order valence-electron chi connectivity index (χ3n) is 3.26. The van der Waals surface area contributed by atoms with Crippen molar-refractivity contribution in [1.82, 2.24) is 5.32 Å². The Morgan fingerprint density at radius 3 is 2.53 bits per heavy atom. The van der Waals surface area contributed by atoms with E-state index in [0.717, 1.165) is 0 Å². The van der Waals surface area contributed by atoms with Crippen molar-refractivity contribution in [3.05, 3.63) is 35.4 Å². The van der Waals surface area contributed by atoms with Gasteiger partial charge in [0.2, 0.25) is 5.91 Å². The number of nitrogens with one attached hydrogen (secondary N) is 1. The number of nitrogens with two attached hydrogens (primary N) is 1. The number of halogens is 1. The first kappa shape index (κ1) is 17.9. The summed E-state index contributed by atoms with van der Waals surface area (Å²) in [7, 11) is 0. The van der Waals surface area contributed by atoms with E-state index in [-0.39, 0.29) is 24.2 Å². The van der Waals surface area contributed by atoms with E-state index in [0.29, 0.717) is 25.4 Å². The standard InChI is InChI=1S/C15H24N2O.ClH/c1-11(9-16)10-17-15(18)8-13(3)14-7-5-4-6-12(14)2;/h4-7,11,13H,8-10,16H2,1-3H3,(H,17,18);1H. The Hall–Kier alpha value is -1.06. The highest BCUT2D eigenvalue weighted by atomic mass is 35.5. The zero-order valence-corrected chi connectivity index (χ0v) is 12.8. The number of carbonyl (C=O) groups is 1. The van der Waals surface area contributed by atoms with Crippen LogP contribution in [0.4, 0.5) is 0 Å². The summed E-state index contributed by atoms with van der Waals surface area (Å²) in [4.78, 5) is 11.8. The lowest BCUT2D eigenvalue weighted by molar-refractivity contribution is -0.121. The van der Waals surface area contributed by atoms with E-state index in [2.05, 4.69) is 31.3 Å². The molecule has 1 rings (SSSR count). The van der Waals surface area contributed by atoms with Crippen LogP contribution in [0.25, 0.3) is 0 Å². The van der Waals surface area contributed by atoms with Crippen LogP contribution in [0.5, 0.6) is 0 Å². The average Bonchev–Trinajstić information content (AvgIpc) is 2.36. The summed E-state index contributed by atoms with van der Waals surface area (Å²) in [6.45, 7) is 7.48. The van der Waals surface area contributed by atoms with Crippen LogP contribution < -0.4 is 11.1 Å². The molecular weight excluding hydrogens is 260 g/mol. The Kier molecular flexibility index (Phi) is 8.44. The van der Waals surface area contributed by atoms with Crippen molar-refractivity contribution in [1.29, 1.82) is 0 Å². The maximum Gasteiger partial charge on any atom is 0.220 e. The topological polar surface area (TPSA) is 55.1 Å². The summed E-state index contributed by atoms with van der Waals surface area (Å²) in [5.41, 5.74) is 8.01. The third kappa shape index (κ3) is 6.08. The van der Waals surface area contributed by atoms with E-state index >= 15 is 0 Å². The van der Waals surface area contributed by atoms with Crippen LogP contribution in [0.1, 0.15) is 37.3 Å². The van der Waals surface area contributed by atoms with Crippen LogP contribution >= 0.6 is 12.4 Å². The van der Waals surface area contributed by atoms with E-state index in [9.17, 15) is 4.79 Å². The van der Waals surface area contributed by atoms with Crippen molar-refractivity contribution in [2.75, 3.05) is 13.1 Å². The molecule has 1 amide bonds. The molecule has 0 aliphatic heterocycles. The van der Waals surface area contributed by atoms with Crippen LogP contribution in [-0.2, 0) is 4.79 Å². The van der Waals surface area contributed by atoms with Crippen molar-refractivity contribution >= 4 is 18.3 Å². The zero-order valence-electron chi connectivity index (χ0n) is 12.0. The molecule has 2 atom stereocenters. The van der Waals surface area contributed by atoms with Gasteiger partial charge < -0.3 is 11.1 Å². The molecule has 0 saturated carbocycles. The summed E-state index contributed by atoms with van der Waals surface area (Å²) < 4.78 is 0. The molecule has 4 heteroatoms. The minimum Gasteiger partial charge on any atom is -0.356 e. The molecule has 0 saturated heterocycles. The smallest absolute Gasteiger partial charge is 0.220 e. The quantitative estimate of drug-likeness (QED) is 0.844. The average molecular weight is 285 g/mol. The first-order valence-electron chi connectivity index (χ1n) is 6.56. The van der Waals surface area contributed by atoms with Crippen LogP contribution in [0.2, 0.25) is 0 Å². The van der Waals surface area contributed by atoms with Crippen molar-refractivity contribution in [2.45, 2.75) is 33.1 Å².